The van der Waals surface area contributed by atoms with Crippen molar-refractivity contribution in [2.75, 3.05) is 13.2 Å². The lowest BCUT2D eigenvalue weighted by Gasteiger charge is -2.24. The second-order valence-corrected chi connectivity index (χ2v) is 3.99. The number of aliphatic hydroxyl groups is 1. The van der Waals surface area contributed by atoms with E-state index in [0.717, 1.165) is 19.6 Å². The summed E-state index contributed by atoms with van der Waals surface area (Å²) in [7, 11) is 0. The summed E-state index contributed by atoms with van der Waals surface area (Å²) < 4.78 is 1.92. The minimum absolute atomic E-state index is 0.208. The molecule has 1 heterocycles. The highest BCUT2D eigenvalue weighted by atomic mass is 16.3. The summed E-state index contributed by atoms with van der Waals surface area (Å²) in [6.45, 7) is 9.04. The van der Waals surface area contributed by atoms with Crippen LogP contribution in [-0.2, 0) is 13.1 Å². The summed E-state index contributed by atoms with van der Waals surface area (Å²) in [5, 5.41) is 13.2. The van der Waals surface area contributed by atoms with Crippen molar-refractivity contribution in [2.45, 2.75) is 39.9 Å². The molecule has 0 saturated carbocycles. The van der Waals surface area contributed by atoms with Gasteiger partial charge in [0.1, 0.15) is 0 Å². The van der Waals surface area contributed by atoms with Gasteiger partial charge in [-0.2, -0.15) is 5.10 Å². The first-order valence-electron chi connectivity index (χ1n) is 5.53. The van der Waals surface area contributed by atoms with Crippen LogP contribution >= 0.6 is 0 Å². The zero-order chi connectivity index (χ0) is 11.3. The van der Waals surface area contributed by atoms with Crippen molar-refractivity contribution in [2.24, 2.45) is 0 Å². The van der Waals surface area contributed by atoms with Gasteiger partial charge in [0.05, 0.1) is 12.8 Å². The van der Waals surface area contributed by atoms with Gasteiger partial charge in [0.25, 0.3) is 0 Å². The maximum Gasteiger partial charge on any atom is 0.0558 e. The van der Waals surface area contributed by atoms with E-state index in [0.29, 0.717) is 6.04 Å². The van der Waals surface area contributed by atoms with Gasteiger partial charge in [0, 0.05) is 37.4 Å². The van der Waals surface area contributed by atoms with Gasteiger partial charge < -0.3 is 5.11 Å². The number of nitrogens with zero attached hydrogens (tertiary/aromatic N) is 3. The fourth-order valence-electron chi connectivity index (χ4n) is 1.54. The SMILES string of the molecule is CCn1cc(CN(CCO)C(C)C)cn1. The number of aliphatic hydroxyl groups excluding tert-OH is 1. The lowest BCUT2D eigenvalue weighted by atomic mass is 10.2. The van der Waals surface area contributed by atoms with E-state index in [1.54, 1.807) is 0 Å². The summed E-state index contributed by atoms with van der Waals surface area (Å²) in [4.78, 5) is 2.23. The maximum absolute atomic E-state index is 8.95. The average Bonchev–Trinajstić information content (AvgIpc) is 2.65. The third-order valence-electron chi connectivity index (χ3n) is 2.51. The molecule has 0 amide bonds. The fourth-order valence-corrected chi connectivity index (χ4v) is 1.54. The smallest absolute Gasteiger partial charge is 0.0558 e. The molecule has 0 fully saturated rings. The largest absolute Gasteiger partial charge is 0.395 e. The van der Waals surface area contributed by atoms with Gasteiger partial charge in [-0.1, -0.05) is 0 Å². The molecular formula is C11H21N3O. The molecule has 0 radical (unpaired) electrons. The molecule has 0 aliphatic carbocycles. The Balaban J connectivity index is 2.57. The Morgan fingerprint density at radius 3 is 2.73 bits per heavy atom. The van der Waals surface area contributed by atoms with Crippen LogP contribution in [0.2, 0.25) is 0 Å². The van der Waals surface area contributed by atoms with Crippen LogP contribution in [0.4, 0.5) is 0 Å². The van der Waals surface area contributed by atoms with Crippen LogP contribution in [0.25, 0.3) is 0 Å². The predicted molar refractivity (Wildman–Crippen MR) is 60.5 cm³/mol. The van der Waals surface area contributed by atoms with E-state index in [9.17, 15) is 0 Å². The lowest BCUT2D eigenvalue weighted by Crippen LogP contribution is -2.32. The monoisotopic (exact) mass is 211 g/mol. The predicted octanol–water partition coefficient (Wildman–Crippen LogP) is 1.11. The lowest BCUT2D eigenvalue weighted by molar-refractivity contribution is 0.159. The van der Waals surface area contributed by atoms with Crippen LogP contribution in [0, 0.1) is 0 Å². The summed E-state index contributed by atoms with van der Waals surface area (Å²) in [5.74, 6) is 0. The molecule has 86 valence electrons. The number of aryl methyl sites for hydroxylation is 1. The maximum atomic E-state index is 8.95. The molecule has 0 spiro atoms. The standard InChI is InChI=1S/C11H21N3O/c1-4-14-9-11(7-12-14)8-13(5-6-15)10(2)3/h7,9-10,15H,4-6,8H2,1-3H3. The van der Waals surface area contributed by atoms with Gasteiger partial charge in [-0.3, -0.25) is 9.58 Å². The molecule has 0 bridgehead atoms. The summed E-state index contributed by atoms with van der Waals surface area (Å²) in [5.41, 5.74) is 1.21. The van der Waals surface area contributed by atoms with Crippen molar-refractivity contribution >= 4 is 0 Å². The quantitative estimate of drug-likeness (QED) is 0.766. The number of hydrogen-bond acceptors (Lipinski definition) is 3. The Bertz CT molecular complexity index is 283. The van der Waals surface area contributed by atoms with Gasteiger partial charge in [0.2, 0.25) is 0 Å². The minimum atomic E-state index is 0.208. The number of rotatable bonds is 6. The van der Waals surface area contributed by atoms with E-state index < -0.39 is 0 Å². The van der Waals surface area contributed by atoms with Gasteiger partial charge in [-0.15, -0.1) is 0 Å². The fraction of sp³-hybridized carbons (Fsp3) is 0.727. The zero-order valence-electron chi connectivity index (χ0n) is 9.85. The first kappa shape index (κ1) is 12.2. The third-order valence-corrected chi connectivity index (χ3v) is 2.51. The molecule has 1 aromatic heterocycles. The second-order valence-electron chi connectivity index (χ2n) is 3.99. The average molecular weight is 211 g/mol. The van der Waals surface area contributed by atoms with Crippen LogP contribution in [0.1, 0.15) is 26.3 Å². The van der Waals surface area contributed by atoms with E-state index in [4.69, 9.17) is 5.11 Å². The molecule has 1 N–H and O–H groups in total. The van der Waals surface area contributed by atoms with Crippen LogP contribution in [0.15, 0.2) is 12.4 Å². The Labute approximate surface area is 91.5 Å². The second kappa shape index (κ2) is 5.88. The van der Waals surface area contributed by atoms with Gasteiger partial charge in [0.15, 0.2) is 0 Å². The van der Waals surface area contributed by atoms with Gasteiger partial charge in [-0.25, -0.2) is 0 Å². The summed E-state index contributed by atoms with van der Waals surface area (Å²) in [6.07, 6.45) is 3.96. The Morgan fingerprint density at radius 2 is 2.27 bits per heavy atom. The molecule has 0 aliphatic heterocycles. The summed E-state index contributed by atoms with van der Waals surface area (Å²) >= 11 is 0. The molecule has 15 heavy (non-hydrogen) atoms. The molecule has 0 aromatic carbocycles. The molecule has 4 heteroatoms. The number of hydrogen-bond donors (Lipinski definition) is 1. The normalized spacial score (nSPS) is 11.6. The highest BCUT2D eigenvalue weighted by molar-refractivity contribution is 5.03. The molecular weight excluding hydrogens is 190 g/mol. The minimum Gasteiger partial charge on any atom is -0.395 e. The van der Waals surface area contributed by atoms with Crippen LogP contribution < -0.4 is 0 Å². The van der Waals surface area contributed by atoms with Crippen molar-refractivity contribution in [3.63, 3.8) is 0 Å². The highest BCUT2D eigenvalue weighted by Gasteiger charge is 2.10. The number of aromatic nitrogens is 2. The van der Waals surface area contributed by atoms with Crippen molar-refractivity contribution in [3.05, 3.63) is 18.0 Å². The first-order chi connectivity index (χ1) is 7.17. The molecule has 0 unspecified atom stereocenters. The Hall–Kier alpha value is -0.870. The van der Waals surface area contributed by atoms with E-state index in [2.05, 4.69) is 37.0 Å². The molecule has 0 saturated heterocycles. The van der Waals surface area contributed by atoms with E-state index >= 15 is 0 Å². The Kier molecular flexibility index (Phi) is 4.78. The van der Waals surface area contributed by atoms with Crippen molar-refractivity contribution in [1.82, 2.24) is 14.7 Å². The van der Waals surface area contributed by atoms with Crippen LogP contribution in [0.3, 0.4) is 0 Å². The van der Waals surface area contributed by atoms with Crippen LogP contribution in [-0.4, -0.2) is 39.0 Å². The third kappa shape index (κ3) is 3.64. The van der Waals surface area contributed by atoms with E-state index in [-0.39, 0.29) is 6.61 Å². The molecule has 1 aromatic rings. The molecule has 1 rings (SSSR count). The topological polar surface area (TPSA) is 41.3 Å². The van der Waals surface area contributed by atoms with Gasteiger partial charge >= 0.3 is 0 Å². The van der Waals surface area contributed by atoms with Crippen LogP contribution in [0.5, 0.6) is 0 Å². The Morgan fingerprint density at radius 1 is 1.53 bits per heavy atom. The summed E-state index contributed by atoms with van der Waals surface area (Å²) in [6, 6.07) is 0.446. The molecule has 0 aliphatic rings. The van der Waals surface area contributed by atoms with E-state index in [1.807, 2.05) is 10.9 Å². The van der Waals surface area contributed by atoms with Crippen molar-refractivity contribution in [1.29, 1.82) is 0 Å². The first-order valence-corrected chi connectivity index (χ1v) is 5.53. The highest BCUT2D eigenvalue weighted by Crippen LogP contribution is 2.06. The van der Waals surface area contributed by atoms with Gasteiger partial charge in [-0.05, 0) is 20.8 Å². The van der Waals surface area contributed by atoms with E-state index in [1.165, 1.54) is 5.56 Å². The van der Waals surface area contributed by atoms with Crippen molar-refractivity contribution in [3.8, 4) is 0 Å². The zero-order valence-corrected chi connectivity index (χ0v) is 9.85. The molecule has 0 atom stereocenters. The van der Waals surface area contributed by atoms with Crippen molar-refractivity contribution < 1.29 is 5.11 Å². The molecule has 4 nitrogen and oxygen atoms in total.